The predicted octanol–water partition coefficient (Wildman–Crippen LogP) is 4.02. The van der Waals surface area contributed by atoms with Gasteiger partial charge in [-0.25, -0.2) is 4.79 Å². The lowest BCUT2D eigenvalue weighted by atomic mass is 10.1. The molecule has 19 heavy (non-hydrogen) atoms. The number of nitrogens with zero attached hydrogens (tertiary/aromatic N) is 1. The Bertz CT molecular complexity index is 621. The maximum absolute atomic E-state index is 11.7. The Morgan fingerprint density at radius 2 is 2.00 bits per heavy atom. The van der Waals surface area contributed by atoms with Gasteiger partial charge >= 0.3 is 5.97 Å². The highest BCUT2D eigenvalue weighted by molar-refractivity contribution is 5.98. The quantitative estimate of drug-likeness (QED) is 0.902. The van der Waals surface area contributed by atoms with E-state index in [9.17, 15) is 9.90 Å². The van der Waals surface area contributed by atoms with E-state index in [1.54, 1.807) is 0 Å². The third kappa shape index (κ3) is 1.84. The highest BCUT2D eigenvalue weighted by Gasteiger charge is 2.27. The van der Waals surface area contributed by atoms with Gasteiger partial charge in [-0.15, -0.1) is 0 Å². The number of aryl methyl sites for hydroxylation is 1. The second-order valence-electron chi connectivity index (χ2n) is 5.31. The van der Waals surface area contributed by atoms with Gasteiger partial charge in [0.25, 0.3) is 0 Å². The Labute approximate surface area is 112 Å². The lowest BCUT2D eigenvalue weighted by molar-refractivity contribution is 0.0682. The molecule has 3 nitrogen and oxygen atoms in total. The van der Waals surface area contributed by atoms with E-state index in [0.29, 0.717) is 11.7 Å². The first-order valence-corrected chi connectivity index (χ1v) is 7.09. The van der Waals surface area contributed by atoms with Gasteiger partial charge in [0, 0.05) is 16.9 Å². The number of benzene rings is 1. The van der Waals surface area contributed by atoms with Crippen LogP contribution < -0.4 is 0 Å². The van der Waals surface area contributed by atoms with Gasteiger partial charge < -0.3 is 9.67 Å². The fourth-order valence-electron chi connectivity index (χ4n) is 3.46. The zero-order valence-corrected chi connectivity index (χ0v) is 11.2. The van der Waals surface area contributed by atoms with Crippen LogP contribution in [0.15, 0.2) is 24.3 Å². The minimum absolute atomic E-state index is 0.358. The molecule has 0 bridgehead atoms. The summed E-state index contributed by atoms with van der Waals surface area (Å²) in [5.74, 6) is -0.792. The highest BCUT2D eigenvalue weighted by atomic mass is 16.4. The monoisotopic (exact) mass is 257 g/mol. The molecule has 0 atom stereocenters. The van der Waals surface area contributed by atoms with Gasteiger partial charge in [0.15, 0.2) is 0 Å². The number of hydrogen-bond donors (Lipinski definition) is 1. The van der Waals surface area contributed by atoms with E-state index in [0.717, 1.165) is 35.7 Å². The Balaban J connectivity index is 2.33. The van der Waals surface area contributed by atoms with Gasteiger partial charge in [-0.3, -0.25) is 0 Å². The van der Waals surface area contributed by atoms with Crippen LogP contribution in [0, 0.1) is 0 Å². The summed E-state index contributed by atoms with van der Waals surface area (Å²) in [6.45, 7) is 2.03. The third-order valence-electron chi connectivity index (χ3n) is 4.26. The second-order valence-corrected chi connectivity index (χ2v) is 5.31. The molecule has 1 heterocycles. The molecule has 0 aliphatic heterocycles. The molecule has 1 aromatic heterocycles. The SMILES string of the molecule is CCc1c(C(=O)O)n(C2CCCC2)c2ccccc12. The average molecular weight is 257 g/mol. The molecule has 3 heteroatoms. The fourth-order valence-corrected chi connectivity index (χ4v) is 3.46. The van der Waals surface area contributed by atoms with E-state index in [1.807, 2.05) is 25.1 Å². The van der Waals surface area contributed by atoms with Crippen LogP contribution in [-0.2, 0) is 6.42 Å². The molecule has 0 amide bonds. The number of aromatic nitrogens is 1. The van der Waals surface area contributed by atoms with Crippen molar-refractivity contribution in [2.45, 2.75) is 45.1 Å². The van der Waals surface area contributed by atoms with Crippen LogP contribution in [0.25, 0.3) is 10.9 Å². The number of carboxylic acid groups (broad SMARTS) is 1. The van der Waals surface area contributed by atoms with Crippen molar-refractivity contribution in [3.63, 3.8) is 0 Å². The molecule has 100 valence electrons. The standard InChI is InChI=1S/C16H19NO2/c1-2-12-13-9-5-6-10-14(13)17(15(12)16(18)19)11-7-3-4-8-11/h5-6,9-11H,2-4,7-8H2,1H3,(H,18,19). The van der Waals surface area contributed by atoms with E-state index in [-0.39, 0.29) is 0 Å². The van der Waals surface area contributed by atoms with Crippen molar-refractivity contribution in [3.05, 3.63) is 35.5 Å². The molecule has 1 saturated carbocycles. The summed E-state index contributed by atoms with van der Waals surface area (Å²) in [4.78, 5) is 11.7. The molecule has 2 aromatic rings. The molecule has 1 aliphatic rings. The van der Waals surface area contributed by atoms with Crippen molar-refractivity contribution in [3.8, 4) is 0 Å². The van der Waals surface area contributed by atoms with Gasteiger partial charge in [-0.1, -0.05) is 38.0 Å². The molecule has 0 radical (unpaired) electrons. The van der Waals surface area contributed by atoms with E-state index in [1.165, 1.54) is 12.8 Å². The molecule has 0 saturated heterocycles. The first-order chi connectivity index (χ1) is 9.24. The molecular formula is C16H19NO2. The van der Waals surface area contributed by atoms with Crippen molar-refractivity contribution >= 4 is 16.9 Å². The van der Waals surface area contributed by atoms with Crippen LogP contribution in [0.1, 0.15) is 54.7 Å². The van der Waals surface area contributed by atoms with Crippen molar-refractivity contribution in [2.75, 3.05) is 0 Å². The summed E-state index contributed by atoms with van der Waals surface area (Å²) in [6.07, 6.45) is 5.38. The molecule has 1 N–H and O–H groups in total. The molecule has 1 fully saturated rings. The second kappa shape index (κ2) is 4.72. The molecular weight excluding hydrogens is 238 g/mol. The Hall–Kier alpha value is -1.77. The third-order valence-corrected chi connectivity index (χ3v) is 4.26. The molecule has 1 aromatic carbocycles. The van der Waals surface area contributed by atoms with Crippen molar-refractivity contribution in [1.82, 2.24) is 4.57 Å². The smallest absolute Gasteiger partial charge is 0.352 e. The van der Waals surface area contributed by atoms with E-state index in [4.69, 9.17) is 0 Å². The van der Waals surface area contributed by atoms with Crippen LogP contribution in [0.5, 0.6) is 0 Å². The summed E-state index contributed by atoms with van der Waals surface area (Å²) in [6, 6.07) is 8.45. The Morgan fingerprint density at radius 3 is 2.63 bits per heavy atom. The van der Waals surface area contributed by atoms with Crippen LogP contribution in [0.3, 0.4) is 0 Å². The van der Waals surface area contributed by atoms with Crippen LogP contribution in [0.2, 0.25) is 0 Å². The summed E-state index contributed by atoms with van der Waals surface area (Å²) < 4.78 is 2.09. The first kappa shape index (κ1) is 12.3. The number of para-hydroxylation sites is 1. The lowest BCUT2D eigenvalue weighted by Crippen LogP contribution is -2.14. The van der Waals surface area contributed by atoms with Gasteiger partial charge in [0.05, 0.1) is 0 Å². The van der Waals surface area contributed by atoms with Crippen LogP contribution >= 0.6 is 0 Å². The highest BCUT2D eigenvalue weighted by Crippen LogP contribution is 2.37. The summed E-state index contributed by atoms with van der Waals surface area (Å²) >= 11 is 0. The molecule has 1 aliphatic carbocycles. The van der Waals surface area contributed by atoms with E-state index < -0.39 is 5.97 Å². The van der Waals surface area contributed by atoms with Crippen LogP contribution in [-0.4, -0.2) is 15.6 Å². The number of carboxylic acids is 1. The number of carbonyl (C=O) groups is 1. The normalized spacial score (nSPS) is 16.3. The van der Waals surface area contributed by atoms with E-state index >= 15 is 0 Å². The van der Waals surface area contributed by atoms with Gasteiger partial charge in [-0.2, -0.15) is 0 Å². The molecule has 3 rings (SSSR count). The molecule has 0 spiro atoms. The topological polar surface area (TPSA) is 42.2 Å². The van der Waals surface area contributed by atoms with Crippen molar-refractivity contribution in [1.29, 1.82) is 0 Å². The number of hydrogen-bond acceptors (Lipinski definition) is 1. The van der Waals surface area contributed by atoms with Crippen LogP contribution in [0.4, 0.5) is 0 Å². The Morgan fingerprint density at radius 1 is 1.32 bits per heavy atom. The van der Waals surface area contributed by atoms with Gasteiger partial charge in [-0.05, 0) is 30.9 Å². The van der Waals surface area contributed by atoms with Crippen molar-refractivity contribution in [2.24, 2.45) is 0 Å². The number of fused-ring (bicyclic) bond motifs is 1. The summed E-state index contributed by atoms with van der Waals surface area (Å²) in [7, 11) is 0. The average Bonchev–Trinajstić information content (AvgIpc) is 3.03. The van der Waals surface area contributed by atoms with Crippen molar-refractivity contribution < 1.29 is 9.90 Å². The maximum atomic E-state index is 11.7. The minimum Gasteiger partial charge on any atom is -0.477 e. The zero-order chi connectivity index (χ0) is 13.4. The predicted molar refractivity (Wildman–Crippen MR) is 75.8 cm³/mol. The number of aromatic carboxylic acids is 1. The van der Waals surface area contributed by atoms with Gasteiger partial charge in [0.1, 0.15) is 5.69 Å². The summed E-state index contributed by atoms with van der Waals surface area (Å²) in [5.41, 5.74) is 2.58. The number of rotatable bonds is 3. The largest absolute Gasteiger partial charge is 0.477 e. The fraction of sp³-hybridized carbons (Fsp3) is 0.438. The van der Waals surface area contributed by atoms with Gasteiger partial charge in [0.2, 0.25) is 0 Å². The summed E-state index contributed by atoms with van der Waals surface area (Å²) in [5, 5.41) is 10.7. The molecule has 0 unspecified atom stereocenters. The lowest BCUT2D eigenvalue weighted by Gasteiger charge is -2.16. The Kier molecular flexibility index (Phi) is 3.05. The maximum Gasteiger partial charge on any atom is 0.352 e. The van der Waals surface area contributed by atoms with E-state index in [2.05, 4.69) is 10.6 Å². The first-order valence-electron chi connectivity index (χ1n) is 7.09. The minimum atomic E-state index is -0.792. The zero-order valence-electron chi connectivity index (χ0n) is 11.2.